The molecule has 2 amide bonds. The summed E-state index contributed by atoms with van der Waals surface area (Å²) in [6.45, 7) is 6.40. The first-order valence-electron chi connectivity index (χ1n) is 9.54. The Morgan fingerprint density at radius 3 is 2.45 bits per heavy atom. The number of rotatable bonds is 5. The first-order chi connectivity index (χ1) is 13.7. The number of carbonyl (C=O) groups excluding carboxylic acids is 2. The number of amides is 2. The van der Waals surface area contributed by atoms with Gasteiger partial charge in [0.15, 0.2) is 0 Å². The van der Waals surface area contributed by atoms with Crippen LogP contribution in [0.4, 0.5) is 10.5 Å². The van der Waals surface area contributed by atoms with Gasteiger partial charge in [-0.3, -0.25) is 9.59 Å². The van der Waals surface area contributed by atoms with Crippen LogP contribution >= 0.6 is 11.8 Å². The highest BCUT2D eigenvalue weighted by Gasteiger charge is 2.14. The van der Waals surface area contributed by atoms with Crippen LogP contribution in [-0.4, -0.2) is 30.1 Å². The minimum Gasteiger partial charge on any atom is -0.464 e. The highest BCUT2D eigenvalue weighted by molar-refractivity contribution is 8.13. The smallest absolute Gasteiger partial charge is 0.285 e. The molecule has 0 bridgehead atoms. The van der Waals surface area contributed by atoms with E-state index in [2.05, 4.69) is 32.2 Å². The van der Waals surface area contributed by atoms with E-state index in [1.807, 2.05) is 18.2 Å². The third-order valence-corrected chi connectivity index (χ3v) is 5.77. The second-order valence-corrected chi connectivity index (χ2v) is 8.66. The van der Waals surface area contributed by atoms with Crippen molar-refractivity contribution in [3.05, 3.63) is 59.4 Å². The van der Waals surface area contributed by atoms with Crippen LogP contribution in [0.5, 0.6) is 0 Å². The number of nitrogens with one attached hydrogen (secondary N) is 1. The van der Waals surface area contributed by atoms with E-state index in [0.717, 1.165) is 33.2 Å². The van der Waals surface area contributed by atoms with Gasteiger partial charge < -0.3 is 14.6 Å². The number of fused-ring (bicyclic) bond motifs is 1. The summed E-state index contributed by atoms with van der Waals surface area (Å²) in [6, 6.07) is 11.4. The summed E-state index contributed by atoms with van der Waals surface area (Å²) < 4.78 is 5.67. The second-order valence-electron chi connectivity index (χ2n) is 7.63. The summed E-state index contributed by atoms with van der Waals surface area (Å²) in [4.78, 5) is 26.7. The molecule has 0 unspecified atom stereocenters. The molecule has 2 aromatic carbocycles. The van der Waals surface area contributed by atoms with Gasteiger partial charge in [0, 0.05) is 35.6 Å². The molecule has 3 rings (SSSR count). The Hall–Kier alpha value is -2.73. The van der Waals surface area contributed by atoms with Gasteiger partial charge in [-0.2, -0.15) is 0 Å². The molecule has 152 valence electrons. The number of nitrogens with zero attached hydrogens (tertiary/aromatic N) is 1. The Labute approximate surface area is 175 Å². The molecular weight excluding hydrogens is 384 g/mol. The maximum Gasteiger partial charge on any atom is 0.285 e. The predicted molar refractivity (Wildman–Crippen MR) is 119 cm³/mol. The summed E-state index contributed by atoms with van der Waals surface area (Å²) in [5, 5.41) is 3.86. The van der Waals surface area contributed by atoms with Crippen molar-refractivity contribution >= 4 is 39.6 Å². The maximum absolute atomic E-state index is 12.5. The molecule has 0 saturated carbocycles. The first kappa shape index (κ1) is 21.0. The number of aryl methyl sites for hydroxylation is 1. The van der Waals surface area contributed by atoms with Gasteiger partial charge in [-0.1, -0.05) is 13.8 Å². The van der Waals surface area contributed by atoms with Gasteiger partial charge in [0.1, 0.15) is 5.58 Å². The van der Waals surface area contributed by atoms with E-state index in [4.69, 9.17) is 4.42 Å². The molecule has 0 radical (unpaired) electrons. The van der Waals surface area contributed by atoms with Gasteiger partial charge >= 0.3 is 0 Å². The molecule has 0 spiro atoms. The van der Waals surface area contributed by atoms with Crippen LogP contribution in [0.3, 0.4) is 0 Å². The van der Waals surface area contributed by atoms with E-state index in [1.165, 1.54) is 16.0 Å². The minimum atomic E-state index is -0.107. The number of furan rings is 1. The Bertz CT molecular complexity index is 1040. The molecule has 1 heterocycles. The molecule has 0 fully saturated rings. The van der Waals surface area contributed by atoms with Crippen molar-refractivity contribution < 1.29 is 14.0 Å². The van der Waals surface area contributed by atoms with Crippen LogP contribution in [0.1, 0.15) is 36.5 Å². The van der Waals surface area contributed by atoms with E-state index in [0.29, 0.717) is 11.6 Å². The van der Waals surface area contributed by atoms with E-state index >= 15 is 0 Å². The van der Waals surface area contributed by atoms with Gasteiger partial charge in [-0.25, -0.2) is 0 Å². The van der Waals surface area contributed by atoms with E-state index in [1.54, 1.807) is 32.5 Å². The van der Waals surface area contributed by atoms with Gasteiger partial charge in [0.05, 0.1) is 12.7 Å². The van der Waals surface area contributed by atoms with Crippen molar-refractivity contribution in [3.63, 3.8) is 0 Å². The number of thioether (sulfide) groups is 1. The Kier molecular flexibility index (Phi) is 6.33. The zero-order chi connectivity index (χ0) is 21.1. The normalized spacial score (nSPS) is 11.1. The molecule has 1 N–H and O–H groups in total. The fraction of sp³-hybridized carbons (Fsp3) is 0.304. The monoisotopic (exact) mass is 410 g/mol. The molecule has 0 atom stereocenters. The van der Waals surface area contributed by atoms with Crippen molar-refractivity contribution in [1.29, 1.82) is 0 Å². The number of hydrogen-bond donors (Lipinski definition) is 1. The maximum atomic E-state index is 12.5. The predicted octanol–water partition coefficient (Wildman–Crippen LogP) is 5.82. The van der Waals surface area contributed by atoms with Crippen molar-refractivity contribution in [1.82, 2.24) is 4.90 Å². The van der Waals surface area contributed by atoms with Crippen molar-refractivity contribution in [3.8, 4) is 0 Å². The summed E-state index contributed by atoms with van der Waals surface area (Å²) >= 11 is 1.15. The third kappa shape index (κ3) is 5.01. The van der Waals surface area contributed by atoms with Crippen LogP contribution in [0.15, 0.2) is 52.0 Å². The van der Waals surface area contributed by atoms with Crippen LogP contribution in [0.25, 0.3) is 11.0 Å². The summed E-state index contributed by atoms with van der Waals surface area (Å²) in [6.07, 6.45) is 1.91. The van der Waals surface area contributed by atoms with Crippen LogP contribution in [-0.2, 0) is 11.2 Å². The molecule has 0 aliphatic heterocycles. The standard InChI is InChI=1S/C23H26N2O3S/c1-14(2)19-12-20-16(13-28-21(20)10-15(19)3)11-22(26)24-17-6-8-18(9-7-17)29-23(27)25(4)5/h6-10,12-14H,11H2,1-5H3,(H,24,26). The molecule has 3 aromatic rings. The molecule has 0 aliphatic rings. The zero-order valence-electron chi connectivity index (χ0n) is 17.4. The molecule has 5 nitrogen and oxygen atoms in total. The lowest BCUT2D eigenvalue weighted by molar-refractivity contribution is -0.115. The summed E-state index contributed by atoms with van der Waals surface area (Å²) in [7, 11) is 3.43. The number of carbonyl (C=O) groups is 2. The molecular formula is C23H26N2O3S. The summed E-state index contributed by atoms with van der Waals surface area (Å²) in [5.74, 6) is 0.302. The Morgan fingerprint density at radius 1 is 1.14 bits per heavy atom. The van der Waals surface area contributed by atoms with Crippen molar-refractivity contribution in [2.75, 3.05) is 19.4 Å². The lowest BCUT2D eigenvalue weighted by Crippen LogP contribution is -2.16. The SMILES string of the molecule is Cc1cc2occ(CC(=O)Nc3ccc(SC(=O)N(C)C)cc3)c2cc1C(C)C. The molecule has 29 heavy (non-hydrogen) atoms. The Morgan fingerprint density at radius 2 is 1.83 bits per heavy atom. The van der Waals surface area contributed by atoms with Crippen LogP contribution < -0.4 is 5.32 Å². The molecule has 6 heteroatoms. The third-order valence-electron chi connectivity index (χ3n) is 4.72. The fourth-order valence-electron chi connectivity index (χ4n) is 3.18. The van der Waals surface area contributed by atoms with Gasteiger partial charge in [-0.15, -0.1) is 0 Å². The van der Waals surface area contributed by atoms with Crippen LogP contribution in [0.2, 0.25) is 0 Å². The highest BCUT2D eigenvalue weighted by Crippen LogP contribution is 2.29. The average Bonchev–Trinajstić information content (AvgIpc) is 3.03. The van der Waals surface area contributed by atoms with Crippen LogP contribution in [0, 0.1) is 6.92 Å². The average molecular weight is 411 g/mol. The van der Waals surface area contributed by atoms with Crippen molar-refractivity contribution in [2.24, 2.45) is 0 Å². The second kappa shape index (κ2) is 8.74. The first-order valence-corrected chi connectivity index (χ1v) is 10.4. The van der Waals surface area contributed by atoms with Gasteiger partial charge in [0.2, 0.25) is 5.91 Å². The number of hydrogen-bond acceptors (Lipinski definition) is 4. The highest BCUT2D eigenvalue weighted by atomic mass is 32.2. The lowest BCUT2D eigenvalue weighted by Gasteiger charge is -2.10. The Balaban J connectivity index is 1.69. The van der Waals surface area contributed by atoms with E-state index in [9.17, 15) is 9.59 Å². The summed E-state index contributed by atoms with van der Waals surface area (Å²) in [5.41, 5.74) is 4.84. The molecule has 0 aliphatic carbocycles. The molecule has 1 aromatic heterocycles. The van der Waals surface area contributed by atoms with E-state index < -0.39 is 0 Å². The van der Waals surface area contributed by atoms with Gasteiger partial charge in [0.25, 0.3) is 5.24 Å². The quantitative estimate of drug-likeness (QED) is 0.538. The van der Waals surface area contributed by atoms with E-state index in [-0.39, 0.29) is 17.6 Å². The topological polar surface area (TPSA) is 62.6 Å². The minimum absolute atomic E-state index is 0.0374. The number of benzene rings is 2. The number of anilines is 1. The van der Waals surface area contributed by atoms with Crippen molar-refractivity contribution in [2.45, 2.75) is 38.0 Å². The molecule has 0 saturated heterocycles. The van der Waals surface area contributed by atoms with Gasteiger partial charge in [-0.05, 0) is 72.1 Å². The largest absolute Gasteiger partial charge is 0.464 e. The fourth-order valence-corrected chi connectivity index (χ4v) is 3.84. The lowest BCUT2D eigenvalue weighted by atomic mass is 9.95. The zero-order valence-corrected chi connectivity index (χ0v) is 18.2.